The summed E-state index contributed by atoms with van der Waals surface area (Å²) in [7, 11) is 1.61. The van der Waals surface area contributed by atoms with Crippen LogP contribution in [0.25, 0.3) is 11.0 Å². The number of thiocarbonyl (C=S) groups is 1. The van der Waals surface area contributed by atoms with Crippen LogP contribution >= 0.6 is 12.2 Å². The highest BCUT2D eigenvalue weighted by Gasteiger charge is 2.06. The van der Waals surface area contributed by atoms with Crippen LogP contribution in [0, 0.1) is 0 Å². The fourth-order valence-electron chi connectivity index (χ4n) is 1.77. The molecule has 1 aromatic heterocycles. The number of hydrogen-bond donors (Lipinski definition) is 3. The lowest BCUT2D eigenvalue weighted by molar-refractivity contribution is -0.122. The topological polar surface area (TPSA) is 80.2 Å². The summed E-state index contributed by atoms with van der Waals surface area (Å²) >= 11 is 5.00. The molecule has 8 heteroatoms. The van der Waals surface area contributed by atoms with Crippen LogP contribution in [0.2, 0.25) is 0 Å². The van der Waals surface area contributed by atoms with Crippen LogP contribution in [0.1, 0.15) is 0 Å². The van der Waals surface area contributed by atoms with Crippen molar-refractivity contribution >= 4 is 34.3 Å². The van der Waals surface area contributed by atoms with Crippen LogP contribution in [-0.4, -0.2) is 40.8 Å². The number of methoxy groups -OCH3 is 1. The molecule has 0 fully saturated rings. The number of carbonyl (C=O) groups is 1. The van der Waals surface area contributed by atoms with Crippen molar-refractivity contribution in [3.63, 3.8) is 0 Å². The molecule has 3 N–H and O–H groups in total. The van der Waals surface area contributed by atoms with E-state index in [4.69, 9.17) is 17.0 Å². The predicted octanol–water partition coefficient (Wildman–Crippen LogP) is 0.178. The minimum Gasteiger partial charge on any atom is -0.383 e. The quantitative estimate of drug-likeness (QED) is 0.415. The first-order valence-corrected chi connectivity index (χ1v) is 6.83. The molecule has 2 aromatic rings. The smallest absolute Gasteiger partial charge is 0.258 e. The van der Waals surface area contributed by atoms with Crippen LogP contribution in [0.15, 0.2) is 30.6 Å². The Kier molecular flexibility index (Phi) is 5.47. The molecule has 1 aromatic carbocycles. The van der Waals surface area contributed by atoms with E-state index >= 15 is 0 Å². The van der Waals surface area contributed by atoms with Gasteiger partial charge in [-0.15, -0.1) is 0 Å². The number of para-hydroxylation sites is 2. The first kappa shape index (κ1) is 15.2. The number of hydrazine groups is 1. The number of fused-ring (bicyclic) bond motifs is 1. The Bertz CT molecular complexity index is 628. The zero-order valence-electron chi connectivity index (χ0n) is 11.6. The summed E-state index contributed by atoms with van der Waals surface area (Å²) in [6.45, 7) is 1.27. The summed E-state index contributed by atoms with van der Waals surface area (Å²) in [6, 6.07) is 7.63. The Balaban J connectivity index is 1.81. The number of nitrogens with one attached hydrogen (secondary N) is 3. The predicted molar refractivity (Wildman–Crippen MR) is 83.5 cm³/mol. The Labute approximate surface area is 127 Å². The standard InChI is InChI=1S/C13H17N5O2S/c1-20-7-6-14-13(21)17-16-12(19)8-18-9-15-10-4-2-3-5-11(10)18/h2-5,9H,6-8H2,1H3,(H,16,19)(H2,14,17,21). The number of hydrogen-bond acceptors (Lipinski definition) is 4. The molecule has 0 bridgehead atoms. The SMILES string of the molecule is COCCNC(=S)NNC(=O)Cn1cnc2ccccc21. The van der Waals surface area contributed by atoms with Gasteiger partial charge in [0.1, 0.15) is 6.54 Å². The van der Waals surface area contributed by atoms with Gasteiger partial charge in [0.25, 0.3) is 5.91 Å². The van der Waals surface area contributed by atoms with Crippen LogP contribution in [0.3, 0.4) is 0 Å². The summed E-state index contributed by atoms with van der Waals surface area (Å²) in [5.41, 5.74) is 6.93. The molecule has 21 heavy (non-hydrogen) atoms. The van der Waals surface area contributed by atoms with Crippen molar-refractivity contribution in [3.8, 4) is 0 Å². The number of rotatable bonds is 5. The number of amides is 1. The van der Waals surface area contributed by atoms with E-state index in [1.807, 2.05) is 24.3 Å². The van der Waals surface area contributed by atoms with Crippen LogP contribution in [-0.2, 0) is 16.1 Å². The number of carbonyl (C=O) groups excluding carboxylic acids is 1. The zero-order chi connectivity index (χ0) is 15.1. The molecule has 0 aliphatic carbocycles. The summed E-state index contributed by atoms with van der Waals surface area (Å²) in [4.78, 5) is 16.1. The minimum atomic E-state index is -0.214. The molecule has 7 nitrogen and oxygen atoms in total. The molecule has 0 atom stereocenters. The second-order valence-corrected chi connectivity index (χ2v) is 4.69. The van der Waals surface area contributed by atoms with Gasteiger partial charge >= 0.3 is 0 Å². The molecule has 0 saturated heterocycles. The largest absolute Gasteiger partial charge is 0.383 e. The lowest BCUT2D eigenvalue weighted by Gasteiger charge is -2.11. The van der Waals surface area contributed by atoms with Crippen LogP contribution < -0.4 is 16.2 Å². The second-order valence-electron chi connectivity index (χ2n) is 4.28. The van der Waals surface area contributed by atoms with Gasteiger partial charge in [-0.05, 0) is 24.4 Å². The highest BCUT2D eigenvalue weighted by molar-refractivity contribution is 7.80. The third kappa shape index (κ3) is 4.40. The Morgan fingerprint density at radius 2 is 2.19 bits per heavy atom. The molecule has 0 aliphatic heterocycles. The summed E-state index contributed by atoms with van der Waals surface area (Å²) < 4.78 is 6.65. The van der Waals surface area contributed by atoms with Crippen LogP contribution in [0.5, 0.6) is 0 Å². The fourth-order valence-corrected chi connectivity index (χ4v) is 1.92. The molecule has 0 unspecified atom stereocenters. The maximum Gasteiger partial charge on any atom is 0.258 e. The van der Waals surface area contributed by atoms with Gasteiger partial charge in [-0.1, -0.05) is 12.1 Å². The molecule has 0 saturated carbocycles. The van der Waals surface area contributed by atoms with Crippen LogP contribution in [0.4, 0.5) is 0 Å². The van der Waals surface area contributed by atoms with Crippen molar-refractivity contribution in [2.24, 2.45) is 0 Å². The molecule has 0 radical (unpaired) electrons. The summed E-state index contributed by atoms with van der Waals surface area (Å²) in [6.07, 6.45) is 1.64. The van der Waals surface area contributed by atoms with Gasteiger partial charge in [-0.2, -0.15) is 0 Å². The van der Waals surface area contributed by atoms with Crippen molar-refractivity contribution < 1.29 is 9.53 Å². The van der Waals surface area contributed by atoms with Crippen molar-refractivity contribution in [1.82, 2.24) is 25.7 Å². The molecule has 0 spiro atoms. The van der Waals surface area contributed by atoms with E-state index in [1.165, 1.54) is 0 Å². The van der Waals surface area contributed by atoms with E-state index < -0.39 is 0 Å². The zero-order valence-corrected chi connectivity index (χ0v) is 12.4. The molecule has 112 valence electrons. The molecule has 1 amide bonds. The Morgan fingerprint density at radius 3 is 3.00 bits per heavy atom. The van der Waals surface area contributed by atoms with E-state index in [2.05, 4.69) is 21.2 Å². The van der Waals surface area contributed by atoms with Gasteiger partial charge in [-0.3, -0.25) is 15.6 Å². The van der Waals surface area contributed by atoms with Gasteiger partial charge < -0.3 is 14.6 Å². The first-order chi connectivity index (χ1) is 10.2. The molecule has 1 heterocycles. The van der Waals surface area contributed by atoms with Crippen molar-refractivity contribution in [1.29, 1.82) is 0 Å². The van der Waals surface area contributed by atoms with Gasteiger partial charge in [0.05, 0.1) is 24.0 Å². The number of aromatic nitrogens is 2. The first-order valence-electron chi connectivity index (χ1n) is 6.42. The highest BCUT2D eigenvalue weighted by Crippen LogP contribution is 2.11. The second kappa shape index (κ2) is 7.55. The number of benzene rings is 1. The van der Waals surface area contributed by atoms with Crippen molar-refractivity contribution in [2.45, 2.75) is 6.54 Å². The minimum absolute atomic E-state index is 0.161. The third-order valence-corrected chi connectivity index (χ3v) is 2.99. The van der Waals surface area contributed by atoms with Gasteiger partial charge in [0.15, 0.2) is 5.11 Å². The third-order valence-electron chi connectivity index (χ3n) is 2.75. The lowest BCUT2D eigenvalue weighted by atomic mass is 10.3. The molecule has 2 rings (SSSR count). The van der Waals surface area contributed by atoms with Crippen molar-refractivity contribution in [2.75, 3.05) is 20.3 Å². The number of imidazole rings is 1. The summed E-state index contributed by atoms with van der Waals surface area (Å²) in [5.74, 6) is -0.214. The fraction of sp³-hybridized carbons (Fsp3) is 0.308. The number of nitrogens with zero attached hydrogens (tertiary/aromatic N) is 2. The molecular formula is C13H17N5O2S. The average Bonchev–Trinajstić information content (AvgIpc) is 2.89. The van der Waals surface area contributed by atoms with Gasteiger partial charge in [0, 0.05) is 13.7 Å². The average molecular weight is 307 g/mol. The molecular weight excluding hydrogens is 290 g/mol. The maximum absolute atomic E-state index is 11.9. The van der Waals surface area contributed by atoms with E-state index in [-0.39, 0.29) is 12.5 Å². The van der Waals surface area contributed by atoms with E-state index in [0.29, 0.717) is 18.3 Å². The van der Waals surface area contributed by atoms with E-state index in [9.17, 15) is 4.79 Å². The Hall–Kier alpha value is -2.19. The maximum atomic E-state index is 11.9. The van der Waals surface area contributed by atoms with Gasteiger partial charge in [0.2, 0.25) is 0 Å². The highest BCUT2D eigenvalue weighted by atomic mass is 32.1. The van der Waals surface area contributed by atoms with E-state index in [0.717, 1.165) is 11.0 Å². The summed E-state index contributed by atoms with van der Waals surface area (Å²) in [5, 5.41) is 3.23. The number of ether oxygens (including phenoxy) is 1. The van der Waals surface area contributed by atoms with Crippen molar-refractivity contribution in [3.05, 3.63) is 30.6 Å². The Morgan fingerprint density at radius 1 is 1.38 bits per heavy atom. The lowest BCUT2D eigenvalue weighted by Crippen LogP contribution is -2.48. The van der Waals surface area contributed by atoms with E-state index in [1.54, 1.807) is 18.0 Å². The normalized spacial score (nSPS) is 10.3. The molecule has 0 aliphatic rings. The monoisotopic (exact) mass is 307 g/mol. The van der Waals surface area contributed by atoms with Gasteiger partial charge in [-0.25, -0.2) is 4.98 Å².